The monoisotopic (exact) mass is 236 g/mol. The van der Waals surface area contributed by atoms with E-state index in [1.807, 2.05) is 0 Å². The molecular formula is C10H12N4O3. The Morgan fingerprint density at radius 3 is 2.65 bits per heavy atom. The van der Waals surface area contributed by atoms with Gasteiger partial charge in [0.1, 0.15) is 17.3 Å². The predicted molar refractivity (Wildman–Crippen MR) is 62.6 cm³/mol. The third kappa shape index (κ3) is 1.71. The summed E-state index contributed by atoms with van der Waals surface area (Å²) in [5.74, 6) is 0.506. The van der Waals surface area contributed by atoms with Crippen molar-refractivity contribution >= 4 is 11.5 Å². The molecule has 0 saturated heterocycles. The van der Waals surface area contributed by atoms with Crippen molar-refractivity contribution in [1.29, 1.82) is 0 Å². The van der Waals surface area contributed by atoms with Gasteiger partial charge in [0.15, 0.2) is 0 Å². The van der Waals surface area contributed by atoms with Crippen LogP contribution < -0.4 is 22.7 Å². The van der Waals surface area contributed by atoms with Crippen LogP contribution in [0.2, 0.25) is 0 Å². The van der Waals surface area contributed by atoms with Gasteiger partial charge in [-0.3, -0.25) is 13.9 Å². The van der Waals surface area contributed by atoms with Crippen LogP contribution in [0, 0.1) is 0 Å². The van der Waals surface area contributed by atoms with Crippen LogP contribution in [0.1, 0.15) is 5.76 Å². The third-order valence-electron chi connectivity index (χ3n) is 2.51. The Labute approximate surface area is 95.9 Å². The van der Waals surface area contributed by atoms with E-state index in [4.69, 9.17) is 15.9 Å². The summed E-state index contributed by atoms with van der Waals surface area (Å²) < 4.78 is 7.22. The van der Waals surface area contributed by atoms with E-state index in [9.17, 15) is 9.59 Å². The zero-order valence-corrected chi connectivity index (χ0v) is 9.21. The van der Waals surface area contributed by atoms with E-state index in [0.29, 0.717) is 5.76 Å². The number of aromatic nitrogens is 2. The molecule has 17 heavy (non-hydrogen) atoms. The molecule has 0 aliphatic rings. The number of nitrogen functional groups attached to an aromatic ring is 2. The highest BCUT2D eigenvalue weighted by Gasteiger charge is 2.13. The van der Waals surface area contributed by atoms with Crippen molar-refractivity contribution in [2.24, 2.45) is 7.05 Å². The number of nitrogens with two attached hydrogens (primary N) is 2. The molecule has 0 unspecified atom stereocenters. The van der Waals surface area contributed by atoms with Crippen LogP contribution in [0.3, 0.4) is 0 Å². The number of rotatable bonds is 2. The van der Waals surface area contributed by atoms with E-state index in [2.05, 4.69) is 0 Å². The lowest BCUT2D eigenvalue weighted by Gasteiger charge is -2.11. The zero-order valence-electron chi connectivity index (χ0n) is 9.21. The molecule has 7 heteroatoms. The summed E-state index contributed by atoms with van der Waals surface area (Å²) in [6.07, 6.45) is 1.49. The second kappa shape index (κ2) is 3.85. The van der Waals surface area contributed by atoms with Gasteiger partial charge in [-0.25, -0.2) is 4.79 Å². The molecule has 0 aliphatic heterocycles. The largest absolute Gasteiger partial charge is 0.467 e. The molecule has 2 aromatic rings. The van der Waals surface area contributed by atoms with Gasteiger partial charge in [0.25, 0.3) is 5.56 Å². The number of nitrogens with zero attached hydrogens (tertiary/aromatic N) is 2. The Balaban J connectivity index is 2.62. The standard InChI is InChI=1S/C10H12N4O3/c1-13-9(15)7(11)8(12)14(10(13)16)5-6-3-2-4-17-6/h2-4H,5,11-12H2,1H3. The average molecular weight is 236 g/mol. The molecule has 2 aromatic heterocycles. The van der Waals surface area contributed by atoms with Crippen LogP contribution in [0.25, 0.3) is 0 Å². The summed E-state index contributed by atoms with van der Waals surface area (Å²) >= 11 is 0. The minimum Gasteiger partial charge on any atom is -0.467 e. The van der Waals surface area contributed by atoms with Gasteiger partial charge in [-0.1, -0.05) is 0 Å². The molecule has 4 N–H and O–H groups in total. The summed E-state index contributed by atoms with van der Waals surface area (Å²) in [7, 11) is 1.35. The summed E-state index contributed by atoms with van der Waals surface area (Å²) in [5, 5.41) is 0. The maximum absolute atomic E-state index is 11.8. The van der Waals surface area contributed by atoms with Crippen LogP contribution in [-0.4, -0.2) is 9.13 Å². The molecule has 0 fully saturated rings. The van der Waals surface area contributed by atoms with Crippen molar-refractivity contribution < 1.29 is 4.42 Å². The lowest BCUT2D eigenvalue weighted by molar-refractivity contribution is 0.484. The summed E-state index contributed by atoms with van der Waals surface area (Å²) in [6.45, 7) is 0.135. The number of anilines is 2. The molecule has 2 rings (SSSR count). The molecule has 7 nitrogen and oxygen atoms in total. The van der Waals surface area contributed by atoms with Crippen LogP contribution in [0.15, 0.2) is 32.4 Å². The van der Waals surface area contributed by atoms with Gasteiger partial charge in [0.05, 0.1) is 12.8 Å². The van der Waals surface area contributed by atoms with Crippen molar-refractivity contribution in [3.8, 4) is 0 Å². The fraction of sp³-hybridized carbons (Fsp3) is 0.200. The van der Waals surface area contributed by atoms with E-state index in [1.54, 1.807) is 12.1 Å². The molecule has 0 aromatic carbocycles. The van der Waals surface area contributed by atoms with E-state index >= 15 is 0 Å². The quantitative estimate of drug-likeness (QED) is 0.720. The van der Waals surface area contributed by atoms with Crippen molar-refractivity contribution in [2.75, 3.05) is 11.5 Å². The zero-order chi connectivity index (χ0) is 12.6. The van der Waals surface area contributed by atoms with E-state index < -0.39 is 11.2 Å². The molecular weight excluding hydrogens is 224 g/mol. The molecule has 0 spiro atoms. The van der Waals surface area contributed by atoms with Crippen molar-refractivity contribution in [3.63, 3.8) is 0 Å². The minimum atomic E-state index is -0.594. The van der Waals surface area contributed by atoms with Gasteiger partial charge in [-0.15, -0.1) is 0 Å². The normalized spacial score (nSPS) is 10.6. The van der Waals surface area contributed by atoms with Crippen LogP contribution in [-0.2, 0) is 13.6 Å². The minimum absolute atomic E-state index is 0.0468. The summed E-state index contributed by atoms with van der Waals surface area (Å²) in [6, 6.07) is 3.40. The second-order valence-electron chi connectivity index (χ2n) is 3.61. The van der Waals surface area contributed by atoms with Crippen molar-refractivity contribution in [1.82, 2.24) is 9.13 Å². The highest BCUT2D eigenvalue weighted by Crippen LogP contribution is 2.09. The molecule has 0 bridgehead atoms. The Morgan fingerprint density at radius 2 is 2.06 bits per heavy atom. The second-order valence-corrected chi connectivity index (χ2v) is 3.61. The third-order valence-corrected chi connectivity index (χ3v) is 2.51. The van der Waals surface area contributed by atoms with Crippen molar-refractivity contribution in [2.45, 2.75) is 6.54 Å². The highest BCUT2D eigenvalue weighted by atomic mass is 16.3. The highest BCUT2D eigenvalue weighted by molar-refractivity contribution is 5.56. The summed E-state index contributed by atoms with van der Waals surface area (Å²) in [4.78, 5) is 23.3. The number of hydrogen-bond donors (Lipinski definition) is 2. The maximum Gasteiger partial charge on any atom is 0.332 e. The van der Waals surface area contributed by atoms with Crippen LogP contribution in [0.4, 0.5) is 11.5 Å². The molecule has 0 atom stereocenters. The topological polar surface area (TPSA) is 109 Å². The van der Waals surface area contributed by atoms with Crippen LogP contribution in [0.5, 0.6) is 0 Å². The maximum atomic E-state index is 11.8. The van der Waals surface area contributed by atoms with Gasteiger partial charge >= 0.3 is 5.69 Å². The first-order valence-corrected chi connectivity index (χ1v) is 4.89. The SMILES string of the molecule is Cn1c(=O)c(N)c(N)n(Cc2ccco2)c1=O. The number of hydrogen-bond acceptors (Lipinski definition) is 5. The first-order chi connectivity index (χ1) is 8.02. The molecule has 2 heterocycles. The number of furan rings is 1. The predicted octanol–water partition coefficient (Wildman–Crippen LogP) is -0.647. The molecule has 0 saturated carbocycles. The van der Waals surface area contributed by atoms with Gasteiger partial charge in [-0.05, 0) is 12.1 Å². The van der Waals surface area contributed by atoms with E-state index in [1.165, 1.54) is 17.9 Å². The van der Waals surface area contributed by atoms with Gasteiger partial charge in [0, 0.05) is 7.05 Å². The Morgan fingerprint density at radius 1 is 1.35 bits per heavy atom. The molecule has 0 aliphatic carbocycles. The lowest BCUT2D eigenvalue weighted by Crippen LogP contribution is -2.40. The van der Waals surface area contributed by atoms with Crippen molar-refractivity contribution in [3.05, 3.63) is 45.0 Å². The van der Waals surface area contributed by atoms with Gasteiger partial charge < -0.3 is 15.9 Å². The van der Waals surface area contributed by atoms with E-state index in [0.717, 1.165) is 4.57 Å². The fourth-order valence-corrected chi connectivity index (χ4v) is 1.52. The van der Waals surface area contributed by atoms with E-state index in [-0.39, 0.29) is 18.1 Å². The summed E-state index contributed by atoms with van der Waals surface area (Å²) in [5.41, 5.74) is 9.92. The lowest BCUT2D eigenvalue weighted by atomic mass is 10.4. The smallest absolute Gasteiger partial charge is 0.332 e. The van der Waals surface area contributed by atoms with Gasteiger partial charge in [0.2, 0.25) is 0 Å². The average Bonchev–Trinajstić information content (AvgIpc) is 2.82. The first-order valence-electron chi connectivity index (χ1n) is 4.89. The Hall–Kier alpha value is -2.44. The molecule has 90 valence electrons. The molecule has 0 amide bonds. The molecule has 0 radical (unpaired) electrons. The fourth-order valence-electron chi connectivity index (χ4n) is 1.52. The van der Waals surface area contributed by atoms with Gasteiger partial charge in [-0.2, -0.15) is 0 Å². The Bertz CT molecular complexity index is 651. The first kappa shape index (κ1) is 11.1. The van der Waals surface area contributed by atoms with Crippen LogP contribution >= 0.6 is 0 Å². The Kier molecular flexibility index (Phi) is 2.51.